The van der Waals surface area contributed by atoms with Crippen molar-refractivity contribution in [3.63, 3.8) is 0 Å². The fourth-order valence-corrected chi connectivity index (χ4v) is 3.09. The zero-order chi connectivity index (χ0) is 18.7. The molecule has 1 fully saturated rings. The Morgan fingerprint density at radius 3 is 2.35 bits per heavy atom. The molecule has 1 saturated heterocycles. The van der Waals surface area contributed by atoms with E-state index in [9.17, 15) is 9.59 Å². The van der Waals surface area contributed by atoms with E-state index in [0.29, 0.717) is 42.4 Å². The van der Waals surface area contributed by atoms with Crippen LogP contribution in [-0.2, 0) is 4.79 Å². The number of furan rings is 1. The van der Waals surface area contributed by atoms with Crippen molar-refractivity contribution in [2.45, 2.75) is 13.8 Å². The number of nitrogens with zero attached hydrogens (tertiary/aromatic N) is 2. The lowest BCUT2D eigenvalue weighted by Gasteiger charge is -2.34. The molecule has 2 aromatic rings. The summed E-state index contributed by atoms with van der Waals surface area (Å²) in [5, 5.41) is 0. The van der Waals surface area contributed by atoms with Crippen LogP contribution in [0.2, 0.25) is 0 Å². The third kappa shape index (κ3) is 4.27. The number of benzene rings is 1. The Hall–Kier alpha value is -2.28. The molecule has 0 atom stereocenters. The first-order chi connectivity index (χ1) is 12.4. The first-order valence-corrected chi connectivity index (χ1v) is 9.26. The van der Waals surface area contributed by atoms with Crippen molar-refractivity contribution >= 4 is 27.7 Å². The second-order valence-corrected chi connectivity index (χ2v) is 7.09. The maximum atomic E-state index is 12.3. The Balaban J connectivity index is 1.48. The summed E-state index contributed by atoms with van der Waals surface area (Å²) in [5.41, 5.74) is 2.32. The van der Waals surface area contributed by atoms with Crippen molar-refractivity contribution < 1.29 is 18.7 Å². The van der Waals surface area contributed by atoms with Crippen LogP contribution in [0.25, 0.3) is 0 Å². The average molecular weight is 421 g/mol. The van der Waals surface area contributed by atoms with E-state index in [4.69, 9.17) is 9.15 Å². The van der Waals surface area contributed by atoms with Crippen molar-refractivity contribution in [2.24, 2.45) is 0 Å². The van der Waals surface area contributed by atoms with Crippen LogP contribution in [0.15, 0.2) is 39.4 Å². The first kappa shape index (κ1) is 18.5. The van der Waals surface area contributed by atoms with Gasteiger partial charge in [-0.05, 0) is 65.2 Å². The van der Waals surface area contributed by atoms with Gasteiger partial charge >= 0.3 is 0 Å². The molecule has 2 amide bonds. The minimum absolute atomic E-state index is 0.00157. The fraction of sp³-hybridized carbons (Fsp3) is 0.368. The van der Waals surface area contributed by atoms with Crippen LogP contribution >= 0.6 is 15.9 Å². The summed E-state index contributed by atoms with van der Waals surface area (Å²) in [7, 11) is 0. The standard InChI is InChI=1S/C19H21BrN2O4/c1-13-3-4-15(11-14(13)2)25-12-18(23)21-7-9-22(10-8-21)19(24)16-5-6-17(20)26-16/h3-6,11H,7-10,12H2,1-2H3. The number of hydrogen-bond donors (Lipinski definition) is 0. The minimum Gasteiger partial charge on any atom is -0.484 e. The van der Waals surface area contributed by atoms with E-state index in [1.807, 2.05) is 32.0 Å². The summed E-state index contributed by atoms with van der Waals surface area (Å²) in [6.45, 7) is 5.98. The van der Waals surface area contributed by atoms with E-state index in [-0.39, 0.29) is 18.4 Å². The SMILES string of the molecule is Cc1ccc(OCC(=O)N2CCN(C(=O)c3ccc(Br)o3)CC2)cc1C. The lowest BCUT2D eigenvalue weighted by Crippen LogP contribution is -2.51. The lowest BCUT2D eigenvalue weighted by atomic mass is 10.1. The van der Waals surface area contributed by atoms with Gasteiger partial charge in [0, 0.05) is 26.2 Å². The Kier molecular flexibility index (Phi) is 5.66. The second-order valence-electron chi connectivity index (χ2n) is 6.31. The Morgan fingerprint density at radius 2 is 1.73 bits per heavy atom. The van der Waals surface area contributed by atoms with Gasteiger partial charge in [0.1, 0.15) is 5.75 Å². The quantitative estimate of drug-likeness (QED) is 0.762. The second kappa shape index (κ2) is 7.95. The molecule has 0 spiro atoms. The predicted octanol–water partition coefficient (Wildman–Crippen LogP) is 3.02. The van der Waals surface area contributed by atoms with Gasteiger partial charge in [0.05, 0.1) is 0 Å². The highest BCUT2D eigenvalue weighted by molar-refractivity contribution is 9.10. The molecule has 0 N–H and O–H groups in total. The Labute approximate surface area is 160 Å². The number of aryl methyl sites for hydroxylation is 2. The molecular formula is C19H21BrN2O4. The van der Waals surface area contributed by atoms with Gasteiger partial charge < -0.3 is 19.0 Å². The molecule has 6 nitrogen and oxygen atoms in total. The van der Waals surface area contributed by atoms with Gasteiger partial charge in [0.15, 0.2) is 17.0 Å². The molecule has 0 radical (unpaired) electrons. The van der Waals surface area contributed by atoms with Crippen LogP contribution in [0, 0.1) is 13.8 Å². The number of halogens is 1. The maximum Gasteiger partial charge on any atom is 0.289 e. The zero-order valence-electron chi connectivity index (χ0n) is 14.8. The van der Waals surface area contributed by atoms with Crippen molar-refractivity contribution in [3.8, 4) is 5.75 Å². The third-order valence-electron chi connectivity index (χ3n) is 4.54. The Morgan fingerprint density at radius 1 is 1.04 bits per heavy atom. The average Bonchev–Trinajstić information content (AvgIpc) is 3.08. The number of carbonyl (C=O) groups is 2. The molecular weight excluding hydrogens is 400 g/mol. The molecule has 1 aliphatic heterocycles. The van der Waals surface area contributed by atoms with Gasteiger partial charge in [-0.2, -0.15) is 0 Å². The van der Waals surface area contributed by atoms with Gasteiger partial charge in [0.25, 0.3) is 11.8 Å². The summed E-state index contributed by atoms with van der Waals surface area (Å²) in [6.07, 6.45) is 0. The van der Waals surface area contributed by atoms with Gasteiger partial charge in [-0.3, -0.25) is 9.59 Å². The van der Waals surface area contributed by atoms with Crippen molar-refractivity contribution in [1.82, 2.24) is 9.80 Å². The van der Waals surface area contributed by atoms with Gasteiger partial charge in [0.2, 0.25) is 0 Å². The predicted molar refractivity (Wildman–Crippen MR) is 100 cm³/mol. The topological polar surface area (TPSA) is 63.0 Å². The molecule has 1 aromatic heterocycles. The molecule has 3 rings (SSSR count). The summed E-state index contributed by atoms with van der Waals surface area (Å²) in [6, 6.07) is 9.11. The highest BCUT2D eigenvalue weighted by Crippen LogP contribution is 2.18. The molecule has 2 heterocycles. The number of carbonyl (C=O) groups excluding carboxylic acids is 2. The van der Waals surface area contributed by atoms with Gasteiger partial charge in [-0.15, -0.1) is 0 Å². The number of rotatable bonds is 4. The van der Waals surface area contributed by atoms with E-state index in [0.717, 1.165) is 5.56 Å². The van der Waals surface area contributed by atoms with Crippen molar-refractivity contribution in [2.75, 3.05) is 32.8 Å². The number of ether oxygens (including phenoxy) is 1. The summed E-state index contributed by atoms with van der Waals surface area (Å²) >= 11 is 3.19. The van der Waals surface area contributed by atoms with Crippen LogP contribution in [0.5, 0.6) is 5.75 Å². The van der Waals surface area contributed by atoms with E-state index in [2.05, 4.69) is 15.9 Å². The molecule has 0 bridgehead atoms. The fourth-order valence-electron chi connectivity index (χ4n) is 2.78. The van der Waals surface area contributed by atoms with Crippen molar-refractivity contribution in [3.05, 3.63) is 51.9 Å². The summed E-state index contributed by atoms with van der Waals surface area (Å²) in [4.78, 5) is 28.1. The normalized spacial score (nSPS) is 14.4. The van der Waals surface area contributed by atoms with Crippen LogP contribution in [0.3, 0.4) is 0 Å². The summed E-state index contributed by atoms with van der Waals surface area (Å²) < 4.78 is 11.4. The highest BCUT2D eigenvalue weighted by Gasteiger charge is 2.26. The number of piperazine rings is 1. The smallest absolute Gasteiger partial charge is 0.289 e. The van der Waals surface area contributed by atoms with Crippen LogP contribution in [-0.4, -0.2) is 54.4 Å². The molecule has 0 aliphatic carbocycles. The Bertz CT molecular complexity index is 810. The number of hydrogen-bond acceptors (Lipinski definition) is 4. The van der Waals surface area contributed by atoms with Crippen LogP contribution in [0.4, 0.5) is 0 Å². The van der Waals surface area contributed by atoms with E-state index in [1.165, 1.54) is 5.56 Å². The van der Waals surface area contributed by atoms with Gasteiger partial charge in [-0.25, -0.2) is 0 Å². The monoisotopic (exact) mass is 420 g/mol. The van der Waals surface area contributed by atoms with Crippen LogP contribution in [0.1, 0.15) is 21.7 Å². The highest BCUT2D eigenvalue weighted by atomic mass is 79.9. The van der Waals surface area contributed by atoms with E-state index in [1.54, 1.807) is 21.9 Å². The van der Waals surface area contributed by atoms with Crippen LogP contribution < -0.4 is 4.74 Å². The maximum absolute atomic E-state index is 12.3. The van der Waals surface area contributed by atoms with E-state index < -0.39 is 0 Å². The molecule has 26 heavy (non-hydrogen) atoms. The zero-order valence-corrected chi connectivity index (χ0v) is 16.4. The summed E-state index contributed by atoms with van der Waals surface area (Å²) in [5.74, 6) is 0.763. The number of amides is 2. The van der Waals surface area contributed by atoms with E-state index >= 15 is 0 Å². The first-order valence-electron chi connectivity index (χ1n) is 8.46. The molecule has 0 saturated carbocycles. The molecule has 0 unspecified atom stereocenters. The lowest BCUT2D eigenvalue weighted by molar-refractivity contribution is -0.134. The molecule has 1 aromatic carbocycles. The molecule has 138 valence electrons. The van der Waals surface area contributed by atoms with Gasteiger partial charge in [-0.1, -0.05) is 6.07 Å². The largest absolute Gasteiger partial charge is 0.484 e. The minimum atomic E-state index is -0.158. The third-order valence-corrected chi connectivity index (χ3v) is 4.97. The molecule has 1 aliphatic rings. The molecule has 7 heteroatoms. The van der Waals surface area contributed by atoms with Crippen molar-refractivity contribution in [1.29, 1.82) is 0 Å².